The third-order valence-electron chi connectivity index (χ3n) is 4.94. The van der Waals surface area contributed by atoms with Crippen LogP contribution in [0.2, 0.25) is 5.02 Å². The van der Waals surface area contributed by atoms with E-state index in [0.29, 0.717) is 10.7 Å². The number of nitrogens with zero attached hydrogens (tertiary/aromatic N) is 2. The molecule has 0 aliphatic carbocycles. The molecule has 2 N–H and O–H groups in total. The van der Waals surface area contributed by atoms with Crippen molar-refractivity contribution in [1.82, 2.24) is 19.4 Å². The third kappa shape index (κ3) is 5.33. The summed E-state index contributed by atoms with van der Waals surface area (Å²) in [5.74, 6) is -0.292. The maximum absolute atomic E-state index is 12.9. The lowest BCUT2D eigenvalue weighted by Crippen LogP contribution is -2.26. The minimum absolute atomic E-state index is 0.0625. The fourth-order valence-corrected chi connectivity index (χ4v) is 4.57. The van der Waals surface area contributed by atoms with Gasteiger partial charge in [0.15, 0.2) is 0 Å². The van der Waals surface area contributed by atoms with Gasteiger partial charge in [-0.25, -0.2) is 18.1 Å². The molecule has 0 radical (unpaired) electrons. The molecule has 0 bridgehead atoms. The van der Waals surface area contributed by atoms with Crippen LogP contribution in [0.1, 0.15) is 21.6 Å². The molecule has 1 amide bonds. The van der Waals surface area contributed by atoms with Crippen molar-refractivity contribution in [3.8, 4) is 5.75 Å². The maximum Gasteiger partial charge on any atom is 0.251 e. The number of imidazole rings is 1. The van der Waals surface area contributed by atoms with E-state index in [4.69, 9.17) is 16.3 Å². The zero-order chi connectivity index (χ0) is 23.4. The number of fused-ring (bicyclic) bond motifs is 1. The van der Waals surface area contributed by atoms with Gasteiger partial charge in [-0.2, -0.15) is 0 Å². The number of pyridine rings is 1. The highest BCUT2D eigenvalue weighted by Crippen LogP contribution is 2.25. The third-order valence-corrected chi connectivity index (χ3v) is 6.61. The highest BCUT2D eigenvalue weighted by atomic mass is 35.5. The van der Waals surface area contributed by atoms with E-state index >= 15 is 0 Å². The Kier molecular flexibility index (Phi) is 6.64. The Morgan fingerprint density at radius 1 is 1.09 bits per heavy atom. The van der Waals surface area contributed by atoms with Gasteiger partial charge in [-0.1, -0.05) is 29.8 Å². The van der Waals surface area contributed by atoms with Gasteiger partial charge >= 0.3 is 0 Å². The van der Waals surface area contributed by atoms with E-state index in [-0.39, 0.29) is 29.3 Å². The van der Waals surface area contributed by atoms with Gasteiger partial charge in [0.2, 0.25) is 10.0 Å². The Balaban J connectivity index is 1.49. The van der Waals surface area contributed by atoms with Gasteiger partial charge < -0.3 is 14.5 Å². The fourth-order valence-electron chi connectivity index (χ4n) is 3.23. The molecule has 0 unspecified atom stereocenters. The summed E-state index contributed by atoms with van der Waals surface area (Å²) in [4.78, 5) is 17.0. The summed E-state index contributed by atoms with van der Waals surface area (Å²) in [5.41, 5.74) is 2.38. The number of rotatable bonds is 8. The van der Waals surface area contributed by atoms with Crippen molar-refractivity contribution in [3.05, 3.63) is 94.9 Å². The van der Waals surface area contributed by atoms with E-state index in [1.165, 1.54) is 25.3 Å². The molecule has 8 nitrogen and oxygen atoms in total. The van der Waals surface area contributed by atoms with Gasteiger partial charge in [-0.15, -0.1) is 0 Å². The Bertz CT molecular complexity index is 1370. The molecule has 10 heteroatoms. The van der Waals surface area contributed by atoms with Crippen LogP contribution < -0.4 is 14.8 Å². The van der Waals surface area contributed by atoms with Gasteiger partial charge in [0.1, 0.15) is 16.3 Å². The molecule has 0 atom stereocenters. The first-order valence-corrected chi connectivity index (χ1v) is 11.8. The predicted molar refractivity (Wildman–Crippen MR) is 125 cm³/mol. The molecule has 170 valence electrons. The van der Waals surface area contributed by atoms with Crippen LogP contribution in [0.3, 0.4) is 0 Å². The number of methoxy groups -OCH3 is 1. The minimum Gasteiger partial charge on any atom is -0.495 e. The molecule has 4 rings (SSSR count). The van der Waals surface area contributed by atoms with Gasteiger partial charge in [0.25, 0.3) is 5.91 Å². The summed E-state index contributed by atoms with van der Waals surface area (Å²) in [6.07, 6.45) is 3.69. The van der Waals surface area contributed by atoms with E-state index in [0.717, 1.165) is 11.2 Å². The summed E-state index contributed by atoms with van der Waals surface area (Å²) >= 11 is 5.87. The van der Waals surface area contributed by atoms with E-state index in [2.05, 4.69) is 15.0 Å². The molecule has 0 spiro atoms. The Labute approximate surface area is 196 Å². The molecule has 0 saturated carbocycles. The SMILES string of the molecule is COc1ccc(C(=O)NCc2cn3ccccc3n2)cc1S(=O)(=O)NCc1ccc(Cl)cc1. The summed E-state index contributed by atoms with van der Waals surface area (Å²) in [5, 5.41) is 3.33. The van der Waals surface area contributed by atoms with Crippen molar-refractivity contribution in [3.63, 3.8) is 0 Å². The van der Waals surface area contributed by atoms with Crippen molar-refractivity contribution >= 4 is 33.2 Å². The number of ether oxygens (including phenoxy) is 1. The Hall–Kier alpha value is -3.40. The number of carbonyl (C=O) groups excluding carboxylic acids is 1. The lowest BCUT2D eigenvalue weighted by atomic mass is 10.2. The zero-order valence-electron chi connectivity index (χ0n) is 17.7. The first kappa shape index (κ1) is 22.8. The van der Waals surface area contributed by atoms with Crippen LogP contribution in [0.25, 0.3) is 5.65 Å². The normalized spacial score (nSPS) is 11.5. The van der Waals surface area contributed by atoms with Crippen LogP contribution in [-0.4, -0.2) is 30.8 Å². The monoisotopic (exact) mass is 484 g/mol. The van der Waals surface area contributed by atoms with Crippen LogP contribution in [0.5, 0.6) is 5.75 Å². The van der Waals surface area contributed by atoms with Crippen LogP contribution in [-0.2, 0) is 23.1 Å². The van der Waals surface area contributed by atoms with Crippen molar-refractivity contribution in [2.75, 3.05) is 7.11 Å². The molecule has 0 aliphatic rings. The second-order valence-corrected chi connectivity index (χ2v) is 9.37. The fraction of sp³-hybridized carbons (Fsp3) is 0.130. The lowest BCUT2D eigenvalue weighted by Gasteiger charge is -2.13. The Morgan fingerprint density at radius 3 is 2.61 bits per heavy atom. The highest BCUT2D eigenvalue weighted by molar-refractivity contribution is 7.89. The second kappa shape index (κ2) is 9.62. The first-order chi connectivity index (χ1) is 15.9. The topological polar surface area (TPSA) is 102 Å². The number of hydrogen-bond acceptors (Lipinski definition) is 5. The number of hydrogen-bond donors (Lipinski definition) is 2. The summed E-state index contributed by atoms with van der Waals surface area (Å²) in [7, 11) is -2.58. The number of benzene rings is 2. The van der Waals surface area contributed by atoms with Crippen molar-refractivity contribution in [2.45, 2.75) is 18.0 Å². The summed E-state index contributed by atoms with van der Waals surface area (Å²) in [6.45, 7) is 0.260. The number of amides is 1. The maximum atomic E-state index is 12.9. The highest BCUT2D eigenvalue weighted by Gasteiger charge is 2.21. The number of halogens is 1. The number of nitrogens with one attached hydrogen (secondary N) is 2. The van der Waals surface area contributed by atoms with Gasteiger partial charge in [0, 0.05) is 29.5 Å². The number of carbonyl (C=O) groups is 1. The van der Waals surface area contributed by atoms with Crippen LogP contribution in [0.4, 0.5) is 0 Å². The average Bonchev–Trinajstić information content (AvgIpc) is 3.25. The van der Waals surface area contributed by atoms with E-state index < -0.39 is 15.9 Å². The van der Waals surface area contributed by atoms with Gasteiger partial charge in [-0.05, 0) is 48.0 Å². The summed E-state index contributed by atoms with van der Waals surface area (Å²) in [6, 6.07) is 16.7. The molecule has 0 aliphatic heterocycles. The average molecular weight is 485 g/mol. The molecule has 0 fully saturated rings. The lowest BCUT2D eigenvalue weighted by molar-refractivity contribution is 0.0950. The van der Waals surface area contributed by atoms with Crippen molar-refractivity contribution in [1.29, 1.82) is 0 Å². The van der Waals surface area contributed by atoms with Gasteiger partial charge in [0.05, 0.1) is 19.3 Å². The predicted octanol–water partition coefficient (Wildman–Crippen LogP) is 3.40. The molecule has 2 aromatic heterocycles. The standard InChI is InChI=1S/C23H21ClN4O4S/c1-32-20-10-7-17(23(29)25-14-19-15-28-11-3-2-4-22(28)27-19)12-21(20)33(30,31)26-13-16-5-8-18(24)9-6-16/h2-12,15,26H,13-14H2,1H3,(H,25,29). The molecule has 4 aromatic rings. The van der Waals surface area contributed by atoms with Crippen LogP contribution in [0.15, 0.2) is 78.0 Å². The first-order valence-electron chi connectivity index (χ1n) is 9.99. The van der Waals surface area contributed by atoms with E-state index in [9.17, 15) is 13.2 Å². The quantitative estimate of drug-likeness (QED) is 0.399. The van der Waals surface area contributed by atoms with Crippen LogP contribution >= 0.6 is 11.6 Å². The molecular weight excluding hydrogens is 464 g/mol. The van der Waals surface area contributed by atoms with Crippen molar-refractivity contribution < 1.29 is 17.9 Å². The van der Waals surface area contributed by atoms with Crippen molar-refractivity contribution in [2.24, 2.45) is 0 Å². The molecule has 33 heavy (non-hydrogen) atoms. The molecule has 2 aromatic carbocycles. The van der Waals surface area contributed by atoms with E-state index in [1.54, 1.807) is 24.3 Å². The zero-order valence-corrected chi connectivity index (χ0v) is 19.2. The molecule has 0 saturated heterocycles. The smallest absolute Gasteiger partial charge is 0.251 e. The van der Waals surface area contributed by atoms with E-state index in [1.807, 2.05) is 35.0 Å². The minimum atomic E-state index is -3.96. The number of aromatic nitrogens is 2. The summed E-state index contributed by atoms with van der Waals surface area (Å²) < 4.78 is 35.5. The largest absolute Gasteiger partial charge is 0.495 e. The molecular formula is C23H21ClN4O4S. The second-order valence-electron chi connectivity index (χ2n) is 7.20. The Morgan fingerprint density at radius 2 is 1.88 bits per heavy atom. The van der Waals surface area contributed by atoms with Crippen LogP contribution in [0, 0.1) is 0 Å². The van der Waals surface area contributed by atoms with Gasteiger partial charge in [-0.3, -0.25) is 4.79 Å². The molecule has 2 heterocycles. The number of sulfonamides is 1.